The van der Waals surface area contributed by atoms with E-state index in [4.69, 9.17) is 5.11 Å². The third-order valence-corrected chi connectivity index (χ3v) is 3.16. The van der Waals surface area contributed by atoms with Crippen molar-refractivity contribution in [1.29, 1.82) is 0 Å². The third-order valence-electron chi connectivity index (χ3n) is 3.16. The van der Waals surface area contributed by atoms with E-state index >= 15 is 0 Å². The lowest BCUT2D eigenvalue weighted by molar-refractivity contribution is -0.137. The first-order valence-corrected chi connectivity index (χ1v) is 5.29. The number of rotatable bonds is 2. The molecule has 0 saturated heterocycles. The molecule has 0 radical (unpaired) electrons. The highest BCUT2D eigenvalue weighted by Crippen LogP contribution is 2.27. The number of carboxylic acids is 1. The standard InChI is InChI=1S/C13H15NO2/c1-8-5-4-6-11-13(8)9(2)10(3)14(11)7-12(15)16/h4-6H,7H2,1-3H3,(H,15,16). The number of carboxylic acid groups (broad SMARTS) is 1. The first-order chi connectivity index (χ1) is 7.52. The molecule has 2 aromatic rings. The summed E-state index contributed by atoms with van der Waals surface area (Å²) in [5.41, 5.74) is 4.42. The van der Waals surface area contributed by atoms with Crippen LogP contribution in [0.15, 0.2) is 18.2 Å². The summed E-state index contributed by atoms with van der Waals surface area (Å²) in [4.78, 5) is 10.8. The quantitative estimate of drug-likeness (QED) is 0.840. The van der Waals surface area contributed by atoms with E-state index in [1.165, 1.54) is 16.5 Å². The van der Waals surface area contributed by atoms with Gasteiger partial charge in [0.15, 0.2) is 0 Å². The van der Waals surface area contributed by atoms with Crippen LogP contribution in [0, 0.1) is 20.8 Å². The zero-order chi connectivity index (χ0) is 11.9. The molecular formula is C13H15NO2. The van der Waals surface area contributed by atoms with E-state index in [9.17, 15) is 4.79 Å². The minimum Gasteiger partial charge on any atom is -0.480 e. The zero-order valence-electron chi connectivity index (χ0n) is 9.74. The molecule has 0 aliphatic heterocycles. The van der Waals surface area contributed by atoms with E-state index in [0.29, 0.717) is 0 Å². The summed E-state index contributed by atoms with van der Waals surface area (Å²) in [6.45, 7) is 6.10. The maximum atomic E-state index is 10.8. The maximum Gasteiger partial charge on any atom is 0.323 e. The molecule has 0 unspecified atom stereocenters. The SMILES string of the molecule is Cc1cccc2c1c(C)c(C)n2CC(=O)O. The molecule has 1 aromatic heterocycles. The molecule has 0 amide bonds. The van der Waals surface area contributed by atoms with Crippen molar-refractivity contribution in [1.82, 2.24) is 4.57 Å². The van der Waals surface area contributed by atoms with Gasteiger partial charge in [0.1, 0.15) is 6.54 Å². The number of hydrogen-bond acceptors (Lipinski definition) is 1. The smallest absolute Gasteiger partial charge is 0.323 e. The van der Waals surface area contributed by atoms with E-state index in [1.54, 1.807) is 0 Å². The lowest BCUT2D eigenvalue weighted by Gasteiger charge is -2.04. The first-order valence-electron chi connectivity index (χ1n) is 5.29. The Kier molecular flexibility index (Phi) is 2.46. The van der Waals surface area contributed by atoms with Gasteiger partial charge in [-0.3, -0.25) is 4.79 Å². The number of carbonyl (C=O) groups is 1. The number of benzene rings is 1. The van der Waals surface area contributed by atoms with Crippen molar-refractivity contribution in [2.45, 2.75) is 27.3 Å². The molecule has 0 aliphatic carbocycles. The number of aryl methyl sites for hydroxylation is 2. The highest BCUT2D eigenvalue weighted by atomic mass is 16.4. The van der Waals surface area contributed by atoms with Gasteiger partial charge < -0.3 is 9.67 Å². The summed E-state index contributed by atoms with van der Waals surface area (Å²) in [6.07, 6.45) is 0. The molecule has 0 atom stereocenters. The van der Waals surface area contributed by atoms with Crippen LogP contribution < -0.4 is 0 Å². The predicted molar refractivity (Wildman–Crippen MR) is 63.8 cm³/mol. The molecule has 1 N–H and O–H groups in total. The first kappa shape index (κ1) is 10.7. The summed E-state index contributed by atoms with van der Waals surface area (Å²) >= 11 is 0. The molecule has 0 spiro atoms. The van der Waals surface area contributed by atoms with Crippen LogP contribution in [0.3, 0.4) is 0 Å². The molecule has 1 heterocycles. The summed E-state index contributed by atoms with van der Waals surface area (Å²) in [5.74, 6) is -0.804. The van der Waals surface area contributed by atoms with Gasteiger partial charge in [0.25, 0.3) is 0 Å². The van der Waals surface area contributed by atoms with Gasteiger partial charge in [-0.1, -0.05) is 12.1 Å². The minimum atomic E-state index is -0.804. The van der Waals surface area contributed by atoms with Gasteiger partial charge >= 0.3 is 5.97 Å². The molecule has 84 valence electrons. The van der Waals surface area contributed by atoms with Crippen LogP contribution in [0.5, 0.6) is 0 Å². The van der Waals surface area contributed by atoms with Crippen LogP contribution in [-0.4, -0.2) is 15.6 Å². The van der Waals surface area contributed by atoms with E-state index in [0.717, 1.165) is 11.2 Å². The lowest BCUT2D eigenvalue weighted by Crippen LogP contribution is -2.09. The van der Waals surface area contributed by atoms with Crippen molar-refractivity contribution < 1.29 is 9.90 Å². The number of hydrogen-bond donors (Lipinski definition) is 1. The fraction of sp³-hybridized carbons (Fsp3) is 0.308. The van der Waals surface area contributed by atoms with Crippen LogP contribution in [-0.2, 0) is 11.3 Å². The Morgan fingerprint density at radius 2 is 2.00 bits per heavy atom. The van der Waals surface area contributed by atoms with Gasteiger partial charge in [-0.05, 0) is 38.0 Å². The number of aromatic nitrogens is 1. The fourth-order valence-electron chi connectivity index (χ4n) is 2.27. The van der Waals surface area contributed by atoms with Crippen LogP contribution >= 0.6 is 0 Å². The molecule has 3 nitrogen and oxygen atoms in total. The zero-order valence-corrected chi connectivity index (χ0v) is 9.74. The maximum absolute atomic E-state index is 10.8. The summed E-state index contributed by atoms with van der Waals surface area (Å²) in [5, 5.41) is 10.1. The fourth-order valence-corrected chi connectivity index (χ4v) is 2.27. The lowest BCUT2D eigenvalue weighted by atomic mass is 10.1. The van der Waals surface area contributed by atoms with Crippen molar-refractivity contribution in [3.05, 3.63) is 35.0 Å². The van der Waals surface area contributed by atoms with E-state index in [2.05, 4.69) is 13.0 Å². The Morgan fingerprint density at radius 1 is 1.31 bits per heavy atom. The summed E-state index contributed by atoms with van der Waals surface area (Å²) in [6, 6.07) is 6.00. The Balaban J connectivity index is 2.79. The average molecular weight is 217 g/mol. The predicted octanol–water partition coefficient (Wildman–Crippen LogP) is 2.65. The van der Waals surface area contributed by atoms with Gasteiger partial charge in [-0.25, -0.2) is 0 Å². The number of nitrogens with zero attached hydrogens (tertiary/aromatic N) is 1. The molecule has 2 rings (SSSR count). The Bertz CT molecular complexity index is 567. The Labute approximate surface area is 94.3 Å². The molecule has 1 aromatic carbocycles. The van der Waals surface area contributed by atoms with Crippen molar-refractivity contribution in [2.75, 3.05) is 0 Å². The van der Waals surface area contributed by atoms with Crippen LogP contribution in [0.25, 0.3) is 10.9 Å². The minimum absolute atomic E-state index is 0.0274. The van der Waals surface area contributed by atoms with Crippen LogP contribution in [0.1, 0.15) is 16.8 Å². The molecule has 0 aliphatic rings. The van der Waals surface area contributed by atoms with Gasteiger partial charge in [0, 0.05) is 16.6 Å². The van der Waals surface area contributed by atoms with Gasteiger partial charge in [0.2, 0.25) is 0 Å². The highest BCUT2D eigenvalue weighted by molar-refractivity contribution is 5.89. The molecule has 0 saturated carbocycles. The second-order valence-electron chi connectivity index (χ2n) is 4.16. The Hall–Kier alpha value is -1.77. The largest absolute Gasteiger partial charge is 0.480 e. The van der Waals surface area contributed by atoms with Crippen molar-refractivity contribution >= 4 is 16.9 Å². The normalized spacial score (nSPS) is 10.9. The average Bonchev–Trinajstić information content (AvgIpc) is 2.44. The van der Waals surface area contributed by atoms with Crippen molar-refractivity contribution in [3.8, 4) is 0 Å². The van der Waals surface area contributed by atoms with Gasteiger partial charge in [-0.15, -0.1) is 0 Å². The van der Waals surface area contributed by atoms with E-state index in [1.807, 2.05) is 30.5 Å². The molecular weight excluding hydrogens is 202 g/mol. The summed E-state index contributed by atoms with van der Waals surface area (Å²) in [7, 11) is 0. The summed E-state index contributed by atoms with van der Waals surface area (Å²) < 4.78 is 1.86. The topological polar surface area (TPSA) is 42.2 Å². The molecule has 16 heavy (non-hydrogen) atoms. The Morgan fingerprint density at radius 3 is 2.62 bits per heavy atom. The molecule has 0 bridgehead atoms. The van der Waals surface area contributed by atoms with E-state index in [-0.39, 0.29) is 6.54 Å². The van der Waals surface area contributed by atoms with Crippen molar-refractivity contribution in [2.24, 2.45) is 0 Å². The number of fused-ring (bicyclic) bond motifs is 1. The monoisotopic (exact) mass is 217 g/mol. The second-order valence-corrected chi connectivity index (χ2v) is 4.16. The van der Waals surface area contributed by atoms with Crippen molar-refractivity contribution in [3.63, 3.8) is 0 Å². The molecule has 3 heteroatoms. The third kappa shape index (κ3) is 1.48. The van der Waals surface area contributed by atoms with Crippen LogP contribution in [0.4, 0.5) is 0 Å². The number of aliphatic carboxylic acids is 1. The molecule has 0 fully saturated rings. The van der Waals surface area contributed by atoms with Gasteiger partial charge in [-0.2, -0.15) is 0 Å². The van der Waals surface area contributed by atoms with E-state index < -0.39 is 5.97 Å². The van der Waals surface area contributed by atoms with Crippen LogP contribution in [0.2, 0.25) is 0 Å². The highest BCUT2D eigenvalue weighted by Gasteiger charge is 2.13. The van der Waals surface area contributed by atoms with Gasteiger partial charge in [0.05, 0.1) is 0 Å². The second kappa shape index (κ2) is 3.67.